The zero-order valence-corrected chi connectivity index (χ0v) is 32.9. The third-order valence-electron chi connectivity index (χ3n) is 7.09. The molecular formula is C24H12F26S8. The molecule has 0 saturated heterocycles. The Balaban J connectivity index is 1.88. The second-order valence-corrected chi connectivity index (χ2v) is 21.1. The summed E-state index contributed by atoms with van der Waals surface area (Å²) in [7, 11) is 0. The second kappa shape index (κ2) is 16.6. The predicted octanol–water partition coefficient (Wildman–Crippen LogP) is 15.5. The maximum absolute atomic E-state index is 14.4. The van der Waals surface area contributed by atoms with Crippen molar-refractivity contribution in [2.45, 2.75) is 84.4 Å². The molecule has 338 valence electrons. The smallest absolute Gasteiger partial charge is 0.200 e. The van der Waals surface area contributed by atoms with Crippen molar-refractivity contribution in [3.05, 3.63) is 25.4 Å². The van der Waals surface area contributed by atoms with Gasteiger partial charge in [-0.2, -0.15) is 114 Å². The molecule has 0 fully saturated rings. The van der Waals surface area contributed by atoms with Gasteiger partial charge in [0, 0.05) is 35.9 Å². The molecule has 0 radical (unpaired) electrons. The van der Waals surface area contributed by atoms with Crippen LogP contribution in [0.4, 0.5) is 114 Å². The number of halogens is 26. The molecule has 0 aromatic carbocycles. The van der Waals surface area contributed by atoms with E-state index in [4.69, 9.17) is 0 Å². The first-order valence-corrected chi connectivity index (χ1v) is 21.2. The lowest BCUT2D eigenvalue weighted by molar-refractivity contribution is -0.439. The van der Waals surface area contributed by atoms with Gasteiger partial charge in [-0.25, -0.2) is 0 Å². The minimum Gasteiger partial charge on any atom is -0.200 e. The van der Waals surface area contributed by atoms with Gasteiger partial charge in [-0.15, -0.1) is 47.0 Å². The largest absolute Gasteiger partial charge is 0.460 e. The second-order valence-electron chi connectivity index (χ2n) is 11.0. The first-order chi connectivity index (χ1) is 25.6. The highest BCUT2D eigenvalue weighted by Gasteiger charge is 2.92. The summed E-state index contributed by atoms with van der Waals surface area (Å²) in [6.07, 6.45) is -20.8. The molecule has 3 rings (SSSR count). The van der Waals surface area contributed by atoms with Crippen LogP contribution in [0.15, 0.2) is 25.4 Å². The molecule has 0 N–H and O–H groups in total. The van der Waals surface area contributed by atoms with Gasteiger partial charge < -0.3 is 0 Å². The molecule has 3 aliphatic heterocycles. The Morgan fingerprint density at radius 1 is 0.328 bits per heavy atom. The maximum Gasteiger partial charge on any atom is 0.460 e. The number of hydrogen-bond acceptors (Lipinski definition) is 8. The standard InChI is InChI=1S/C24H12F26S8/c25-13(26,15(29,30)17(33,34)19(37,38)21(41,42)23(45,46)47)1-3-51-7-8(56-11(55-7)12-57-9-10(58-12)54-6-5-53-9)52-4-2-14(27,28)16(31,32)18(35,36)20(39,40)22(43,44)24(48,49)50/h1-6H2. The molecule has 0 bridgehead atoms. The van der Waals surface area contributed by atoms with Gasteiger partial charge in [0.1, 0.15) is 0 Å². The van der Waals surface area contributed by atoms with Gasteiger partial charge in [-0.1, -0.05) is 47.0 Å². The third kappa shape index (κ3) is 8.84. The highest BCUT2D eigenvalue weighted by atomic mass is 32.3. The van der Waals surface area contributed by atoms with Crippen LogP contribution in [0.25, 0.3) is 0 Å². The molecule has 0 unspecified atom stereocenters. The summed E-state index contributed by atoms with van der Waals surface area (Å²) >= 11 is 5.18. The zero-order chi connectivity index (χ0) is 45.4. The monoisotopic (exact) mass is 1050 g/mol. The molecule has 0 spiro atoms. The van der Waals surface area contributed by atoms with Crippen molar-refractivity contribution >= 4 is 94.1 Å². The Morgan fingerprint density at radius 3 is 0.862 bits per heavy atom. The van der Waals surface area contributed by atoms with E-state index in [0.29, 0.717) is 47.7 Å². The summed E-state index contributed by atoms with van der Waals surface area (Å²) < 4.78 is 352. The van der Waals surface area contributed by atoms with Gasteiger partial charge in [0.25, 0.3) is 0 Å². The van der Waals surface area contributed by atoms with Crippen molar-refractivity contribution in [2.24, 2.45) is 0 Å². The van der Waals surface area contributed by atoms with Crippen LogP contribution in [-0.4, -0.2) is 94.6 Å². The van der Waals surface area contributed by atoms with Crippen LogP contribution < -0.4 is 0 Å². The fraction of sp³-hybridized carbons (Fsp3) is 0.750. The molecule has 0 atom stereocenters. The summed E-state index contributed by atoms with van der Waals surface area (Å²) in [6, 6.07) is 0. The van der Waals surface area contributed by atoms with E-state index in [2.05, 4.69) is 0 Å². The molecule has 0 amide bonds. The van der Waals surface area contributed by atoms with E-state index in [1.165, 1.54) is 23.5 Å². The van der Waals surface area contributed by atoms with Gasteiger partial charge in [0.05, 0.1) is 25.4 Å². The SMILES string of the molecule is FC(F)(F)C(F)(F)C(F)(F)C(F)(F)C(F)(F)C(F)(F)CCSC1=C(SCCC(F)(F)C(F)(F)C(F)(F)C(F)(F)C(F)(F)C(F)(F)F)SC(=C2SC3=C(SCCS3)S2)S1. The molecule has 0 aliphatic carbocycles. The number of alkyl halides is 26. The van der Waals surface area contributed by atoms with Gasteiger partial charge in [0.15, 0.2) is 0 Å². The molecule has 0 nitrogen and oxygen atoms in total. The molecule has 58 heavy (non-hydrogen) atoms. The van der Waals surface area contributed by atoms with Gasteiger partial charge in [-0.05, 0) is 0 Å². The first-order valence-electron chi connectivity index (χ1n) is 14.0. The lowest BCUT2D eigenvalue weighted by atomic mass is 9.93. The molecule has 0 aromatic rings. The summed E-state index contributed by atoms with van der Waals surface area (Å²) in [4.78, 5) is 0. The topological polar surface area (TPSA) is 0 Å². The summed E-state index contributed by atoms with van der Waals surface area (Å²) in [5.41, 5.74) is 0. The Hall–Kier alpha value is 0.200. The minimum absolute atomic E-state index is 0.0332. The van der Waals surface area contributed by atoms with Crippen molar-refractivity contribution in [3.8, 4) is 0 Å². The van der Waals surface area contributed by atoms with E-state index in [0.717, 1.165) is 23.5 Å². The number of hydrogen-bond donors (Lipinski definition) is 0. The van der Waals surface area contributed by atoms with E-state index in [1.807, 2.05) is 0 Å². The molecular weight excluding hydrogens is 1040 g/mol. The Bertz CT molecular complexity index is 1530. The Morgan fingerprint density at radius 2 is 0.586 bits per heavy atom. The minimum atomic E-state index is -8.19. The first kappa shape index (κ1) is 52.5. The van der Waals surface area contributed by atoms with Crippen LogP contribution in [0.3, 0.4) is 0 Å². The van der Waals surface area contributed by atoms with Crippen molar-refractivity contribution in [2.75, 3.05) is 23.0 Å². The average Bonchev–Trinajstić information content (AvgIpc) is 3.67. The zero-order valence-electron chi connectivity index (χ0n) is 26.3. The molecule has 3 aliphatic rings. The molecule has 0 aromatic heterocycles. The van der Waals surface area contributed by atoms with E-state index in [9.17, 15) is 114 Å². The summed E-state index contributed by atoms with van der Waals surface area (Å²) in [5.74, 6) is -79.2. The fourth-order valence-electron chi connectivity index (χ4n) is 3.80. The van der Waals surface area contributed by atoms with Crippen LogP contribution in [-0.2, 0) is 0 Å². The molecule has 34 heteroatoms. The van der Waals surface area contributed by atoms with Gasteiger partial charge >= 0.3 is 71.6 Å². The van der Waals surface area contributed by atoms with Crippen molar-refractivity contribution in [3.63, 3.8) is 0 Å². The summed E-state index contributed by atoms with van der Waals surface area (Å²) in [6.45, 7) is 0. The van der Waals surface area contributed by atoms with Crippen LogP contribution in [0.1, 0.15) is 12.8 Å². The van der Waals surface area contributed by atoms with E-state index < -0.39 is 104 Å². The lowest BCUT2D eigenvalue weighted by Gasteiger charge is -2.39. The Labute approximate surface area is 339 Å². The molecule has 3 heterocycles. The average molecular weight is 1050 g/mol. The lowest BCUT2D eigenvalue weighted by Crippen LogP contribution is -2.70. The third-order valence-corrected chi connectivity index (χ3v) is 18.9. The van der Waals surface area contributed by atoms with Crippen molar-refractivity contribution in [1.82, 2.24) is 0 Å². The van der Waals surface area contributed by atoms with E-state index in [-0.39, 0.29) is 27.8 Å². The van der Waals surface area contributed by atoms with E-state index in [1.54, 1.807) is 0 Å². The van der Waals surface area contributed by atoms with Crippen LogP contribution >= 0.6 is 94.1 Å². The highest BCUT2D eigenvalue weighted by Crippen LogP contribution is 2.68. The van der Waals surface area contributed by atoms with Crippen LogP contribution in [0, 0.1) is 0 Å². The molecule has 0 saturated carbocycles. The van der Waals surface area contributed by atoms with E-state index >= 15 is 0 Å². The predicted molar refractivity (Wildman–Crippen MR) is 172 cm³/mol. The van der Waals surface area contributed by atoms with Crippen LogP contribution in [0.2, 0.25) is 0 Å². The van der Waals surface area contributed by atoms with Crippen LogP contribution in [0.5, 0.6) is 0 Å². The highest BCUT2D eigenvalue weighted by molar-refractivity contribution is 8.45. The van der Waals surface area contributed by atoms with Crippen molar-refractivity contribution in [1.29, 1.82) is 0 Å². The maximum atomic E-state index is 14.4. The van der Waals surface area contributed by atoms with Gasteiger partial charge in [0.2, 0.25) is 0 Å². The fourth-order valence-corrected chi connectivity index (χ4v) is 16.1. The quantitative estimate of drug-likeness (QED) is 0.139. The Kier molecular flexibility index (Phi) is 15.1. The normalized spacial score (nSPS) is 19.6. The number of thioether (sulfide) groups is 8. The summed E-state index contributed by atoms with van der Waals surface area (Å²) in [5, 5.41) is 0. The van der Waals surface area contributed by atoms with Gasteiger partial charge in [-0.3, -0.25) is 0 Å². The number of rotatable bonds is 16. The van der Waals surface area contributed by atoms with Crippen molar-refractivity contribution < 1.29 is 114 Å².